The van der Waals surface area contributed by atoms with Crippen molar-refractivity contribution in [2.24, 2.45) is 5.73 Å². The average Bonchev–Trinajstić information content (AvgIpc) is 3.14. The predicted molar refractivity (Wildman–Crippen MR) is 76.0 cm³/mol. The van der Waals surface area contributed by atoms with Gasteiger partial charge in [0.25, 0.3) is 0 Å². The normalized spacial score (nSPS) is 34.3. The van der Waals surface area contributed by atoms with Crippen LogP contribution in [0.4, 0.5) is 0 Å². The van der Waals surface area contributed by atoms with Crippen LogP contribution in [0.25, 0.3) is 4.96 Å². The Morgan fingerprint density at radius 3 is 3.00 bits per heavy atom. The van der Waals surface area contributed by atoms with E-state index in [1.54, 1.807) is 11.3 Å². The second-order valence-corrected chi connectivity index (χ2v) is 7.09. The Bertz CT molecular complexity index is 632. The molecule has 0 aromatic carbocycles. The highest BCUT2D eigenvalue weighted by Crippen LogP contribution is 2.41. The quantitative estimate of drug-likeness (QED) is 0.907. The highest BCUT2D eigenvalue weighted by molar-refractivity contribution is 7.16. The van der Waals surface area contributed by atoms with Gasteiger partial charge in [0.1, 0.15) is 5.01 Å². The van der Waals surface area contributed by atoms with Gasteiger partial charge in [-0.1, -0.05) is 24.7 Å². The fourth-order valence-electron chi connectivity index (χ4n) is 3.31. The van der Waals surface area contributed by atoms with Crippen molar-refractivity contribution >= 4 is 16.3 Å². The number of fused-ring (bicyclic) bond motifs is 1. The summed E-state index contributed by atoms with van der Waals surface area (Å²) < 4.78 is 7.36. The van der Waals surface area contributed by atoms with Crippen LogP contribution in [0.15, 0.2) is 0 Å². The SMILES string of the molecule is CC1(c2nn3c(C4CCOC4)nnc3s2)CCCC1N. The third kappa shape index (κ3) is 1.73. The molecule has 1 saturated heterocycles. The first kappa shape index (κ1) is 12.7. The van der Waals surface area contributed by atoms with Crippen LogP contribution in [0.5, 0.6) is 0 Å². The standard InChI is InChI=1S/C13H19N5OS/c1-13(5-2-3-9(13)14)11-17-18-10(8-4-6-19-7-8)15-16-12(18)20-11/h8-9H,2-7,14H2,1H3. The summed E-state index contributed by atoms with van der Waals surface area (Å²) in [6, 6.07) is 0.199. The Kier molecular flexibility index (Phi) is 2.84. The summed E-state index contributed by atoms with van der Waals surface area (Å²) in [4.78, 5) is 0.877. The fraction of sp³-hybridized carbons (Fsp3) is 0.769. The first-order chi connectivity index (χ1) is 9.68. The Morgan fingerprint density at radius 2 is 2.30 bits per heavy atom. The van der Waals surface area contributed by atoms with Crippen molar-refractivity contribution in [2.45, 2.75) is 50.0 Å². The van der Waals surface area contributed by atoms with Crippen LogP contribution in [-0.4, -0.2) is 39.1 Å². The number of nitrogens with two attached hydrogens (primary N) is 1. The van der Waals surface area contributed by atoms with E-state index in [0.29, 0.717) is 5.92 Å². The molecule has 6 nitrogen and oxygen atoms in total. The van der Waals surface area contributed by atoms with Crippen LogP contribution in [-0.2, 0) is 10.2 Å². The summed E-state index contributed by atoms with van der Waals surface area (Å²) >= 11 is 1.63. The first-order valence-corrected chi connectivity index (χ1v) is 8.06. The summed E-state index contributed by atoms with van der Waals surface area (Å²) in [6.45, 7) is 3.76. The minimum absolute atomic E-state index is 0.00515. The highest BCUT2D eigenvalue weighted by atomic mass is 32.1. The molecule has 2 aromatic heterocycles. The molecule has 1 saturated carbocycles. The van der Waals surface area contributed by atoms with E-state index in [1.165, 1.54) is 6.42 Å². The molecule has 0 spiro atoms. The Labute approximate surface area is 121 Å². The predicted octanol–water partition coefficient (Wildman–Crippen LogP) is 1.46. The number of nitrogens with zero attached hydrogens (tertiary/aromatic N) is 4. The molecule has 3 unspecified atom stereocenters. The highest BCUT2D eigenvalue weighted by Gasteiger charge is 2.41. The van der Waals surface area contributed by atoms with E-state index in [0.717, 1.165) is 48.3 Å². The molecule has 3 heterocycles. The van der Waals surface area contributed by atoms with Gasteiger partial charge in [0.05, 0.1) is 6.61 Å². The zero-order chi connectivity index (χ0) is 13.7. The van der Waals surface area contributed by atoms with Crippen LogP contribution in [0.2, 0.25) is 0 Å². The third-order valence-corrected chi connectivity index (χ3v) is 6.01. The smallest absolute Gasteiger partial charge is 0.234 e. The van der Waals surface area contributed by atoms with Gasteiger partial charge >= 0.3 is 0 Å². The molecule has 20 heavy (non-hydrogen) atoms. The minimum atomic E-state index is -0.00515. The molecule has 0 bridgehead atoms. The van der Waals surface area contributed by atoms with Crippen LogP contribution in [0.1, 0.15) is 49.4 Å². The summed E-state index contributed by atoms with van der Waals surface area (Å²) in [5.74, 6) is 1.26. The number of hydrogen-bond donors (Lipinski definition) is 1. The zero-order valence-corrected chi connectivity index (χ0v) is 12.4. The minimum Gasteiger partial charge on any atom is -0.381 e. The van der Waals surface area contributed by atoms with Crippen molar-refractivity contribution in [3.8, 4) is 0 Å². The van der Waals surface area contributed by atoms with Gasteiger partial charge in [-0.05, 0) is 19.3 Å². The summed E-state index contributed by atoms with van der Waals surface area (Å²) in [5.41, 5.74) is 6.29. The van der Waals surface area contributed by atoms with E-state index in [2.05, 4.69) is 17.1 Å². The molecular weight excluding hydrogens is 274 g/mol. The van der Waals surface area contributed by atoms with E-state index >= 15 is 0 Å². The Morgan fingerprint density at radius 1 is 1.40 bits per heavy atom. The molecule has 4 rings (SSSR count). The summed E-state index contributed by atoms with van der Waals surface area (Å²) in [7, 11) is 0. The maximum atomic E-state index is 6.30. The molecule has 1 aliphatic heterocycles. The molecule has 3 atom stereocenters. The monoisotopic (exact) mass is 293 g/mol. The lowest BCUT2D eigenvalue weighted by Gasteiger charge is -2.25. The van der Waals surface area contributed by atoms with Crippen LogP contribution in [0, 0.1) is 0 Å². The lowest BCUT2D eigenvalue weighted by molar-refractivity contribution is 0.193. The van der Waals surface area contributed by atoms with E-state index < -0.39 is 0 Å². The van der Waals surface area contributed by atoms with Gasteiger partial charge in [-0.3, -0.25) is 0 Å². The van der Waals surface area contributed by atoms with Gasteiger partial charge < -0.3 is 10.5 Å². The molecule has 7 heteroatoms. The van der Waals surface area contributed by atoms with Crippen LogP contribution < -0.4 is 5.73 Å². The molecule has 2 N–H and O–H groups in total. The molecule has 1 aliphatic carbocycles. The second kappa shape index (κ2) is 4.47. The van der Waals surface area contributed by atoms with E-state index in [4.69, 9.17) is 15.6 Å². The largest absolute Gasteiger partial charge is 0.381 e. The zero-order valence-electron chi connectivity index (χ0n) is 11.6. The van der Waals surface area contributed by atoms with Crippen molar-refractivity contribution in [3.63, 3.8) is 0 Å². The van der Waals surface area contributed by atoms with Gasteiger partial charge in [0.2, 0.25) is 4.96 Å². The topological polar surface area (TPSA) is 78.3 Å². The molecule has 108 valence electrons. The van der Waals surface area contributed by atoms with Gasteiger partial charge in [0, 0.05) is 24.0 Å². The molecule has 2 fully saturated rings. The molecule has 2 aliphatic rings. The number of ether oxygens (including phenoxy) is 1. The number of aromatic nitrogens is 4. The molecular formula is C13H19N5OS. The Hall–Kier alpha value is -1.05. The lowest BCUT2D eigenvalue weighted by atomic mass is 9.86. The van der Waals surface area contributed by atoms with E-state index in [1.807, 2.05) is 4.52 Å². The molecule has 0 radical (unpaired) electrons. The van der Waals surface area contributed by atoms with Gasteiger partial charge in [-0.2, -0.15) is 9.61 Å². The maximum absolute atomic E-state index is 6.30. The summed E-state index contributed by atoms with van der Waals surface area (Å²) in [5, 5.41) is 14.5. The van der Waals surface area contributed by atoms with Crippen molar-refractivity contribution in [1.82, 2.24) is 19.8 Å². The van der Waals surface area contributed by atoms with Crippen LogP contribution in [0.3, 0.4) is 0 Å². The fourth-order valence-corrected chi connectivity index (χ4v) is 4.40. The summed E-state index contributed by atoms with van der Waals surface area (Å²) in [6.07, 6.45) is 4.38. The van der Waals surface area contributed by atoms with Crippen molar-refractivity contribution in [1.29, 1.82) is 0 Å². The van der Waals surface area contributed by atoms with Gasteiger partial charge in [-0.15, -0.1) is 10.2 Å². The second-order valence-electron chi connectivity index (χ2n) is 6.14. The van der Waals surface area contributed by atoms with Crippen LogP contribution >= 0.6 is 11.3 Å². The van der Waals surface area contributed by atoms with E-state index in [9.17, 15) is 0 Å². The van der Waals surface area contributed by atoms with Gasteiger partial charge in [-0.25, -0.2) is 0 Å². The third-order valence-electron chi connectivity index (χ3n) is 4.83. The Balaban J connectivity index is 1.76. The van der Waals surface area contributed by atoms with Crippen molar-refractivity contribution in [3.05, 3.63) is 10.8 Å². The van der Waals surface area contributed by atoms with Crippen molar-refractivity contribution in [2.75, 3.05) is 13.2 Å². The number of rotatable bonds is 2. The van der Waals surface area contributed by atoms with Gasteiger partial charge in [0.15, 0.2) is 5.82 Å². The lowest BCUT2D eigenvalue weighted by Crippen LogP contribution is -2.38. The average molecular weight is 293 g/mol. The number of hydrogen-bond acceptors (Lipinski definition) is 6. The maximum Gasteiger partial charge on any atom is 0.234 e. The molecule has 2 aromatic rings. The first-order valence-electron chi connectivity index (χ1n) is 7.24. The molecule has 0 amide bonds. The van der Waals surface area contributed by atoms with Crippen molar-refractivity contribution < 1.29 is 4.74 Å². The van der Waals surface area contributed by atoms with E-state index in [-0.39, 0.29) is 11.5 Å².